The third-order valence-electron chi connectivity index (χ3n) is 3.75. The summed E-state index contributed by atoms with van der Waals surface area (Å²) in [4.78, 5) is 17.8. The van der Waals surface area contributed by atoms with E-state index in [4.69, 9.17) is 4.74 Å². The van der Waals surface area contributed by atoms with Crippen LogP contribution in [0, 0.1) is 5.92 Å². The Morgan fingerprint density at radius 3 is 2.72 bits per heavy atom. The average molecular weight is 248 g/mol. The fourth-order valence-electron chi connectivity index (χ4n) is 2.45. The Bertz CT molecular complexity index is 462. The quantitative estimate of drug-likeness (QED) is 0.854. The summed E-state index contributed by atoms with van der Waals surface area (Å²) in [6.45, 7) is 0.894. The maximum atomic E-state index is 12.1. The van der Waals surface area contributed by atoms with E-state index >= 15 is 0 Å². The maximum absolute atomic E-state index is 12.1. The first-order chi connectivity index (χ1) is 8.62. The number of methoxy groups -OCH3 is 1. The third kappa shape index (κ3) is 1.84. The molecule has 3 rings (SSSR count). The van der Waals surface area contributed by atoms with Crippen LogP contribution in [0.1, 0.15) is 23.2 Å². The number of ether oxygens (including phenoxy) is 1. The van der Waals surface area contributed by atoms with Gasteiger partial charge in [0, 0.05) is 12.3 Å². The number of carbonyl (C=O) groups is 1. The first kappa shape index (κ1) is 11.5. The van der Waals surface area contributed by atoms with Crippen LogP contribution in [0.15, 0.2) is 18.3 Å². The molecule has 2 fully saturated rings. The highest BCUT2D eigenvalue weighted by Crippen LogP contribution is 2.44. The monoisotopic (exact) mass is 248 g/mol. The molecule has 0 unspecified atom stereocenters. The summed E-state index contributed by atoms with van der Waals surface area (Å²) in [5, 5.41) is 10.2. The Balaban J connectivity index is 1.64. The van der Waals surface area contributed by atoms with Crippen molar-refractivity contribution in [3.8, 4) is 5.88 Å². The predicted octanol–water partition coefficient (Wildman–Crippen LogP) is 0.687. The lowest BCUT2D eigenvalue weighted by atomic mass is 9.88. The molecule has 1 aromatic heterocycles. The predicted molar refractivity (Wildman–Crippen MR) is 64.4 cm³/mol. The minimum atomic E-state index is -0.629. The van der Waals surface area contributed by atoms with E-state index in [1.807, 2.05) is 0 Å². The van der Waals surface area contributed by atoms with Crippen LogP contribution in [0.25, 0.3) is 0 Å². The summed E-state index contributed by atoms with van der Waals surface area (Å²) in [6, 6.07) is 3.36. The fraction of sp³-hybridized carbons (Fsp3) is 0.538. The summed E-state index contributed by atoms with van der Waals surface area (Å²) in [6.07, 6.45) is 3.68. The van der Waals surface area contributed by atoms with Crippen molar-refractivity contribution in [2.75, 3.05) is 20.2 Å². The smallest absolute Gasteiger partial charge is 0.255 e. The first-order valence-corrected chi connectivity index (χ1v) is 6.14. The maximum Gasteiger partial charge on any atom is 0.255 e. The van der Waals surface area contributed by atoms with E-state index in [-0.39, 0.29) is 5.91 Å². The molecule has 5 nitrogen and oxygen atoms in total. The molecule has 0 spiro atoms. The van der Waals surface area contributed by atoms with Gasteiger partial charge >= 0.3 is 0 Å². The van der Waals surface area contributed by atoms with Crippen LogP contribution >= 0.6 is 0 Å². The Morgan fingerprint density at radius 1 is 1.50 bits per heavy atom. The highest BCUT2D eigenvalue weighted by molar-refractivity contribution is 5.94. The van der Waals surface area contributed by atoms with Crippen LogP contribution in [-0.2, 0) is 0 Å². The van der Waals surface area contributed by atoms with E-state index < -0.39 is 5.60 Å². The zero-order valence-corrected chi connectivity index (χ0v) is 10.3. The van der Waals surface area contributed by atoms with E-state index in [9.17, 15) is 9.90 Å². The second-order valence-corrected chi connectivity index (χ2v) is 5.13. The van der Waals surface area contributed by atoms with Crippen molar-refractivity contribution < 1.29 is 14.6 Å². The average Bonchev–Trinajstić information content (AvgIpc) is 3.19. The zero-order chi connectivity index (χ0) is 12.8. The number of amides is 1. The Labute approximate surface area is 105 Å². The number of nitrogens with zero attached hydrogens (tertiary/aromatic N) is 2. The number of aromatic nitrogens is 1. The van der Waals surface area contributed by atoms with Gasteiger partial charge in [0.1, 0.15) is 5.60 Å². The highest BCUT2D eigenvalue weighted by Gasteiger charge is 2.53. The van der Waals surface area contributed by atoms with Gasteiger partial charge in [-0.05, 0) is 24.8 Å². The van der Waals surface area contributed by atoms with Crippen molar-refractivity contribution in [3.05, 3.63) is 23.9 Å². The SMILES string of the molecule is COc1ccc(C(=O)N2CC(O)(C3CC3)C2)cn1. The molecule has 1 aromatic rings. The lowest BCUT2D eigenvalue weighted by molar-refractivity contribution is -0.0958. The van der Waals surface area contributed by atoms with E-state index in [1.54, 1.807) is 17.0 Å². The number of hydrogen-bond donors (Lipinski definition) is 1. The molecule has 5 heteroatoms. The number of likely N-dealkylation sites (tertiary alicyclic amines) is 1. The summed E-state index contributed by atoms with van der Waals surface area (Å²) in [7, 11) is 1.54. The molecular formula is C13H16N2O3. The molecule has 1 saturated carbocycles. The second-order valence-electron chi connectivity index (χ2n) is 5.13. The standard InChI is InChI=1S/C13H16N2O3/c1-18-11-5-2-9(6-14-11)12(16)15-7-13(17,8-15)10-3-4-10/h2,5-6,10,17H,3-4,7-8H2,1H3. The van der Waals surface area contributed by atoms with Crippen molar-refractivity contribution in [1.29, 1.82) is 0 Å². The van der Waals surface area contributed by atoms with Crippen molar-refractivity contribution >= 4 is 5.91 Å². The van der Waals surface area contributed by atoms with Gasteiger partial charge in [-0.15, -0.1) is 0 Å². The number of pyridine rings is 1. The molecule has 1 N–H and O–H groups in total. The molecule has 0 atom stereocenters. The molecule has 0 aromatic carbocycles. The van der Waals surface area contributed by atoms with E-state index in [0.717, 1.165) is 12.8 Å². The summed E-state index contributed by atoms with van der Waals surface area (Å²) < 4.78 is 4.95. The third-order valence-corrected chi connectivity index (χ3v) is 3.75. The van der Waals surface area contributed by atoms with Crippen LogP contribution in [0.2, 0.25) is 0 Å². The Morgan fingerprint density at radius 2 is 2.22 bits per heavy atom. The first-order valence-electron chi connectivity index (χ1n) is 6.14. The molecule has 2 heterocycles. The highest BCUT2D eigenvalue weighted by atomic mass is 16.5. The van der Waals surface area contributed by atoms with Crippen LogP contribution in [0.3, 0.4) is 0 Å². The molecule has 2 aliphatic rings. The normalized spacial score (nSPS) is 21.3. The number of rotatable bonds is 3. The molecule has 18 heavy (non-hydrogen) atoms. The Hall–Kier alpha value is -1.62. The molecule has 0 bridgehead atoms. The number of aliphatic hydroxyl groups is 1. The van der Waals surface area contributed by atoms with Gasteiger partial charge in [-0.2, -0.15) is 0 Å². The fourth-order valence-corrected chi connectivity index (χ4v) is 2.45. The lowest BCUT2D eigenvalue weighted by Gasteiger charge is -2.46. The van der Waals surface area contributed by atoms with Crippen molar-refractivity contribution in [1.82, 2.24) is 9.88 Å². The van der Waals surface area contributed by atoms with Crippen LogP contribution in [0.5, 0.6) is 5.88 Å². The van der Waals surface area contributed by atoms with Gasteiger partial charge in [-0.25, -0.2) is 4.98 Å². The van der Waals surface area contributed by atoms with Gasteiger partial charge in [0.05, 0.1) is 25.8 Å². The zero-order valence-electron chi connectivity index (χ0n) is 10.3. The summed E-state index contributed by atoms with van der Waals surface area (Å²) in [5.41, 5.74) is -0.0936. The lowest BCUT2D eigenvalue weighted by Crippen LogP contribution is -2.64. The second kappa shape index (κ2) is 3.95. The summed E-state index contributed by atoms with van der Waals surface area (Å²) >= 11 is 0. The molecule has 1 aliphatic heterocycles. The number of hydrogen-bond acceptors (Lipinski definition) is 4. The number of carbonyl (C=O) groups excluding carboxylic acids is 1. The minimum absolute atomic E-state index is 0.0736. The molecule has 96 valence electrons. The van der Waals surface area contributed by atoms with Gasteiger partial charge in [-0.1, -0.05) is 0 Å². The molecule has 1 saturated heterocycles. The topological polar surface area (TPSA) is 62.7 Å². The molecular weight excluding hydrogens is 232 g/mol. The van der Waals surface area contributed by atoms with Crippen molar-refractivity contribution in [3.63, 3.8) is 0 Å². The minimum Gasteiger partial charge on any atom is -0.481 e. The van der Waals surface area contributed by atoms with Gasteiger partial charge in [0.25, 0.3) is 5.91 Å². The van der Waals surface area contributed by atoms with Crippen molar-refractivity contribution in [2.24, 2.45) is 5.92 Å². The van der Waals surface area contributed by atoms with Crippen LogP contribution in [-0.4, -0.2) is 46.7 Å². The van der Waals surface area contributed by atoms with Gasteiger partial charge in [0.2, 0.25) is 5.88 Å². The Kier molecular flexibility index (Phi) is 2.52. The van der Waals surface area contributed by atoms with Gasteiger partial charge in [-0.3, -0.25) is 4.79 Å². The van der Waals surface area contributed by atoms with Gasteiger partial charge in [0.15, 0.2) is 0 Å². The summed E-state index contributed by atoms with van der Waals surface area (Å²) in [5.74, 6) is 0.815. The van der Waals surface area contributed by atoms with Crippen molar-refractivity contribution in [2.45, 2.75) is 18.4 Å². The van der Waals surface area contributed by atoms with E-state index in [0.29, 0.717) is 30.5 Å². The van der Waals surface area contributed by atoms with E-state index in [2.05, 4.69) is 4.98 Å². The number of β-amino-alcohol motifs (C(OH)–C–C–N with tert-alkyl or cyclic N) is 1. The molecule has 1 aliphatic carbocycles. The van der Waals surface area contributed by atoms with Crippen LogP contribution < -0.4 is 4.74 Å². The molecule has 1 amide bonds. The van der Waals surface area contributed by atoms with E-state index in [1.165, 1.54) is 13.3 Å². The van der Waals surface area contributed by atoms with Gasteiger partial charge < -0.3 is 14.7 Å². The molecule has 0 radical (unpaired) electrons. The van der Waals surface area contributed by atoms with Crippen LogP contribution in [0.4, 0.5) is 0 Å². The largest absolute Gasteiger partial charge is 0.481 e.